The summed E-state index contributed by atoms with van der Waals surface area (Å²) in [7, 11) is 0. The summed E-state index contributed by atoms with van der Waals surface area (Å²) >= 11 is 1.67. The van der Waals surface area contributed by atoms with E-state index >= 15 is 0 Å². The van der Waals surface area contributed by atoms with Crippen LogP contribution in [0.15, 0.2) is 36.1 Å². The first-order chi connectivity index (χ1) is 15.0. The molecule has 2 amide bonds. The van der Waals surface area contributed by atoms with Gasteiger partial charge in [0.2, 0.25) is 0 Å². The van der Waals surface area contributed by atoms with Gasteiger partial charge in [0.15, 0.2) is 0 Å². The number of carbonyl (C=O) groups is 1. The second-order valence-corrected chi connectivity index (χ2v) is 9.32. The Labute approximate surface area is 184 Å². The zero-order valence-electron chi connectivity index (χ0n) is 17.4. The largest absolute Gasteiger partial charge is 0.331 e. The van der Waals surface area contributed by atoms with E-state index in [-0.39, 0.29) is 11.6 Å². The maximum Gasteiger partial charge on any atom is 0.318 e. The summed E-state index contributed by atoms with van der Waals surface area (Å²) < 4.78 is 1.22. The van der Waals surface area contributed by atoms with Crippen LogP contribution in [0.2, 0.25) is 0 Å². The lowest BCUT2D eigenvalue weighted by molar-refractivity contribution is 0.115. The summed E-state index contributed by atoms with van der Waals surface area (Å²) in [5, 5.41) is 10.5. The number of fused-ring (bicyclic) bond motifs is 1. The molecule has 1 atom stereocenters. The minimum Gasteiger partial charge on any atom is -0.331 e. The van der Waals surface area contributed by atoms with Gasteiger partial charge in [0.05, 0.1) is 27.8 Å². The predicted molar refractivity (Wildman–Crippen MR) is 120 cm³/mol. The molecule has 1 spiro atoms. The second kappa shape index (κ2) is 7.97. The molecular formula is C22H25N7OS. The molecule has 2 aliphatic rings. The van der Waals surface area contributed by atoms with E-state index in [1.54, 1.807) is 28.6 Å². The first-order valence-corrected chi connectivity index (χ1v) is 11.4. The Kier molecular flexibility index (Phi) is 5.15. The lowest BCUT2D eigenvalue weighted by Crippen LogP contribution is -2.52. The van der Waals surface area contributed by atoms with Gasteiger partial charge in [0.1, 0.15) is 5.82 Å². The molecule has 0 unspecified atom stereocenters. The van der Waals surface area contributed by atoms with Gasteiger partial charge in [0, 0.05) is 49.8 Å². The summed E-state index contributed by atoms with van der Waals surface area (Å²) in [6.45, 7) is 5.19. The number of amides is 2. The van der Waals surface area contributed by atoms with Crippen LogP contribution >= 0.6 is 11.3 Å². The lowest BCUT2D eigenvalue weighted by Gasteiger charge is -2.41. The number of piperidine rings is 1. The molecule has 0 aliphatic carbocycles. The topological polar surface area (TPSA) is 98.1 Å². The first kappa shape index (κ1) is 20.0. The average molecular weight is 436 g/mol. The van der Waals surface area contributed by atoms with Gasteiger partial charge >= 0.3 is 6.03 Å². The van der Waals surface area contributed by atoms with Crippen LogP contribution in [-0.4, -0.2) is 62.2 Å². The molecule has 8 nitrogen and oxygen atoms in total. The van der Waals surface area contributed by atoms with E-state index in [0.717, 1.165) is 31.4 Å². The van der Waals surface area contributed by atoms with Crippen molar-refractivity contribution in [2.75, 3.05) is 19.6 Å². The number of aromatic nitrogens is 3. The summed E-state index contributed by atoms with van der Waals surface area (Å²) in [6, 6.07) is 6.84. The van der Waals surface area contributed by atoms with Gasteiger partial charge in [-0.25, -0.2) is 19.7 Å². The first-order valence-electron chi connectivity index (χ1n) is 10.5. The molecule has 2 N–H and O–H groups in total. The Morgan fingerprint density at radius 1 is 1.26 bits per heavy atom. The number of rotatable bonds is 5. The molecule has 0 bridgehead atoms. The van der Waals surface area contributed by atoms with Crippen molar-refractivity contribution in [2.24, 2.45) is 0 Å². The standard InChI is InChI=1S/C22H25N7OS/c1-15(17-2-3-19-18(8-17)26-14-31-19)28-6-4-22(5-7-28)13-29(21(30)27-22)12-20-24-10-16(9-23)11-25-20/h2-3,8-11,14-15,23H,4-7,12-13H2,1H3,(H,27,30)/t15-/m1/s1. The van der Waals surface area contributed by atoms with E-state index < -0.39 is 0 Å². The molecular weight excluding hydrogens is 410 g/mol. The highest BCUT2D eigenvalue weighted by molar-refractivity contribution is 7.16. The maximum atomic E-state index is 12.6. The number of urea groups is 1. The molecule has 5 rings (SSSR count). The maximum absolute atomic E-state index is 12.6. The Morgan fingerprint density at radius 2 is 2.03 bits per heavy atom. The Hall–Kier alpha value is -2.91. The van der Waals surface area contributed by atoms with E-state index in [4.69, 9.17) is 5.41 Å². The second-order valence-electron chi connectivity index (χ2n) is 8.43. The number of carbonyl (C=O) groups excluding carboxylic acids is 1. The molecule has 2 aliphatic heterocycles. The van der Waals surface area contributed by atoms with Crippen molar-refractivity contribution >= 4 is 33.8 Å². The monoisotopic (exact) mass is 435 g/mol. The van der Waals surface area contributed by atoms with E-state index in [1.807, 2.05) is 5.51 Å². The van der Waals surface area contributed by atoms with E-state index in [2.05, 4.69) is 50.3 Å². The van der Waals surface area contributed by atoms with Gasteiger partial charge in [-0.2, -0.15) is 0 Å². The van der Waals surface area contributed by atoms with Crippen molar-refractivity contribution in [3.05, 3.63) is 53.1 Å². The zero-order chi connectivity index (χ0) is 21.4. The van der Waals surface area contributed by atoms with Crippen LogP contribution in [0.25, 0.3) is 10.2 Å². The highest BCUT2D eigenvalue weighted by Crippen LogP contribution is 2.33. The Bertz CT molecular complexity index is 1100. The van der Waals surface area contributed by atoms with Gasteiger partial charge in [-0.05, 0) is 37.5 Å². The molecule has 160 valence electrons. The van der Waals surface area contributed by atoms with Crippen LogP contribution in [0.4, 0.5) is 4.79 Å². The molecule has 2 aromatic heterocycles. The third-order valence-electron chi connectivity index (χ3n) is 6.52. The smallest absolute Gasteiger partial charge is 0.318 e. The minimum atomic E-state index is -0.179. The molecule has 4 heterocycles. The fourth-order valence-electron chi connectivity index (χ4n) is 4.57. The van der Waals surface area contributed by atoms with Gasteiger partial charge in [-0.15, -0.1) is 11.3 Å². The van der Waals surface area contributed by atoms with Gasteiger partial charge in [-0.3, -0.25) is 4.90 Å². The van der Waals surface area contributed by atoms with E-state index in [9.17, 15) is 4.79 Å². The third-order valence-corrected chi connectivity index (χ3v) is 7.33. The summed E-state index contributed by atoms with van der Waals surface area (Å²) in [5.74, 6) is 0.598. The fourth-order valence-corrected chi connectivity index (χ4v) is 5.23. The quantitative estimate of drug-likeness (QED) is 0.600. The van der Waals surface area contributed by atoms with Crippen LogP contribution in [-0.2, 0) is 6.54 Å². The zero-order valence-corrected chi connectivity index (χ0v) is 18.2. The van der Waals surface area contributed by atoms with Crippen molar-refractivity contribution in [3.63, 3.8) is 0 Å². The van der Waals surface area contributed by atoms with Crippen molar-refractivity contribution in [1.82, 2.24) is 30.1 Å². The molecule has 2 saturated heterocycles. The van der Waals surface area contributed by atoms with Crippen molar-refractivity contribution in [1.29, 1.82) is 5.41 Å². The Morgan fingerprint density at radius 3 is 2.77 bits per heavy atom. The highest BCUT2D eigenvalue weighted by atomic mass is 32.1. The molecule has 0 saturated carbocycles. The number of likely N-dealkylation sites (tertiary alicyclic amines) is 1. The van der Waals surface area contributed by atoms with Crippen LogP contribution in [0, 0.1) is 5.41 Å². The molecule has 3 aromatic rings. The average Bonchev–Trinajstić information content (AvgIpc) is 3.38. The van der Waals surface area contributed by atoms with Crippen LogP contribution in [0.5, 0.6) is 0 Å². The highest BCUT2D eigenvalue weighted by Gasteiger charge is 2.45. The van der Waals surface area contributed by atoms with Crippen LogP contribution in [0.3, 0.4) is 0 Å². The minimum absolute atomic E-state index is 0.0461. The summed E-state index contributed by atoms with van der Waals surface area (Å²) in [5.41, 5.74) is 4.72. The lowest BCUT2D eigenvalue weighted by atomic mass is 9.87. The molecule has 0 radical (unpaired) electrons. The molecule has 2 fully saturated rings. The van der Waals surface area contributed by atoms with Gasteiger partial charge < -0.3 is 15.6 Å². The number of benzene rings is 1. The fraction of sp³-hybridized carbons (Fsp3) is 0.409. The molecule has 31 heavy (non-hydrogen) atoms. The van der Waals surface area contributed by atoms with E-state index in [1.165, 1.54) is 16.5 Å². The third kappa shape index (κ3) is 3.90. The number of hydrogen-bond donors (Lipinski definition) is 2. The predicted octanol–water partition coefficient (Wildman–Crippen LogP) is 3.20. The Balaban J connectivity index is 1.21. The van der Waals surface area contributed by atoms with Crippen molar-refractivity contribution in [3.8, 4) is 0 Å². The number of nitrogens with zero attached hydrogens (tertiary/aromatic N) is 5. The number of thiazole rings is 1. The normalized spacial score (nSPS) is 19.6. The molecule has 9 heteroatoms. The molecule has 1 aromatic carbocycles. The van der Waals surface area contributed by atoms with Crippen molar-refractivity contribution in [2.45, 2.75) is 37.9 Å². The van der Waals surface area contributed by atoms with Gasteiger partial charge in [0.25, 0.3) is 0 Å². The van der Waals surface area contributed by atoms with Crippen LogP contribution < -0.4 is 5.32 Å². The summed E-state index contributed by atoms with van der Waals surface area (Å²) in [6.07, 6.45) is 6.28. The van der Waals surface area contributed by atoms with Crippen LogP contribution in [0.1, 0.15) is 42.8 Å². The van der Waals surface area contributed by atoms with E-state index in [0.29, 0.717) is 30.5 Å². The number of nitrogens with one attached hydrogen (secondary N) is 2. The van der Waals surface area contributed by atoms with Gasteiger partial charge in [-0.1, -0.05) is 6.07 Å². The van der Waals surface area contributed by atoms with Crippen molar-refractivity contribution < 1.29 is 4.79 Å². The SMILES string of the molecule is C[C@H](c1ccc2scnc2c1)N1CCC2(CC1)CN(Cc1ncc(C=N)cn1)C(=O)N2. The summed E-state index contributed by atoms with van der Waals surface area (Å²) in [4.78, 5) is 29.9. The number of hydrogen-bond acceptors (Lipinski definition) is 7.